The first-order valence-electron chi connectivity index (χ1n) is 4.87. The summed E-state index contributed by atoms with van der Waals surface area (Å²) in [5.74, 6) is 0.781. The van der Waals surface area contributed by atoms with Crippen LogP contribution in [0.25, 0.3) is 0 Å². The number of rotatable bonds is 3. The van der Waals surface area contributed by atoms with Gasteiger partial charge < -0.3 is 9.52 Å². The minimum atomic E-state index is -0.552. The Morgan fingerprint density at radius 1 is 1.47 bits per heavy atom. The van der Waals surface area contributed by atoms with Gasteiger partial charge in [-0.1, -0.05) is 6.07 Å². The molecule has 0 radical (unpaired) electrons. The fourth-order valence-corrected chi connectivity index (χ4v) is 1.50. The Bertz CT molecular complexity index is 423. The zero-order valence-corrected chi connectivity index (χ0v) is 8.55. The van der Waals surface area contributed by atoms with Crippen molar-refractivity contribution in [2.45, 2.75) is 19.4 Å². The standard InChI is InChI=1S/C12H13NO2/c1-9-5-10(8-13-7-9)12(14)6-11-3-2-4-15-11/h2-5,7-8,12,14H,6H2,1H3. The smallest absolute Gasteiger partial charge is 0.106 e. The number of nitrogens with zero attached hydrogens (tertiary/aromatic N) is 1. The summed E-state index contributed by atoms with van der Waals surface area (Å²) in [6.45, 7) is 1.95. The lowest BCUT2D eigenvalue weighted by molar-refractivity contribution is 0.170. The molecule has 0 saturated carbocycles. The Morgan fingerprint density at radius 3 is 3.00 bits per heavy atom. The summed E-state index contributed by atoms with van der Waals surface area (Å²) in [6, 6.07) is 5.60. The normalized spacial score (nSPS) is 12.7. The van der Waals surface area contributed by atoms with Crippen molar-refractivity contribution in [2.24, 2.45) is 0 Å². The van der Waals surface area contributed by atoms with Crippen LogP contribution in [0.4, 0.5) is 0 Å². The summed E-state index contributed by atoms with van der Waals surface area (Å²) in [4.78, 5) is 4.04. The molecule has 2 aromatic heterocycles. The summed E-state index contributed by atoms with van der Waals surface area (Å²) in [7, 11) is 0. The van der Waals surface area contributed by atoms with Crippen LogP contribution in [-0.2, 0) is 6.42 Å². The monoisotopic (exact) mass is 203 g/mol. The molecule has 0 fully saturated rings. The molecule has 0 spiro atoms. The minimum Gasteiger partial charge on any atom is -0.469 e. The van der Waals surface area contributed by atoms with Gasteiger partial charge in [0.25, 0.3) is 0 Å². The predicted molar refractivity (Wildman–Crippen MR) is 56.3 cm³/mol. The molecular formula is C12H13NO2. The summed E-state index contributed by atoms with van der Waals surface area (Å²) in [6.07, 6.45) is 4.99. The number of hydrogen-bond acceptors (Lipinski definition) is 3. The second kappa shape index (κ2) is 4.28. The maximum absolute atomic E-state index is 9.92. The SMILES string of the molecule is Cc1cncc(C(O)Cc2ccco2)c1. The van der Waals surface area contributed by atoms with Gasteiger partial charge in [0.05, 0.1) is 12.4 Å². The highest BCUT2D eigenvalue weighted by atomic mass is 16.3. The zero-order valence-electron chi connectivity index (χ0n) is 8.55. The van der Waals surface area contributed by atoms with E-state index in [1.165, 1.54) is 0 Å². The van der Waals surface area contributed by atoms with Gasteiger partial charge in [0.2, 0.25) is 0 Å². The number of pyridine rings is 1. The number of aliphatic hydroxyl groups is 1. The Labute approximate surface area is 88.4 Å². The van der Waals surface area contributed by atoms with Crippen LogP contribution < -0.4 is 0 Å². The molecule has 2 heterocycles. The van der Waals surface area contributed by atoms with E-state index in [4.69, 9.17) is 4.42 Å². The molecule has 0 aliphatic heterocycles. The minimum absolute atomic E-state index is 0.484. The number of furan rings is 1. The van der Waals surface area contributed by atoms with E-state index in [9.17, 15) is 5.11 Å². The van der Waals surface area contributed by atoms with E-state index in [-0.39, 0.29) is 0 Å². The van der Waals surface area contributed by atoms with Crippen molar-refractivity contribution < 1.29 is 9.52 Å². The summed E-state index contributed by atoms with van der Waals surface area (Å²) in [5.41, 5.74) is 1.87. The lowest BCUT2D eigenvalue weighted by atomic mass is 10.1. The third-order valence-electron chi connectivity index (χ3n) is 2.26. The van der Waals surface area contributed by atoms with Crippen LogP contribution in [0, 0.1) is 6.92 Å². The molecule has 78 valence electrons. The molecule has 1 N–H and O–H groups in total. The van der Waals surface area contributed by atoms with Crippen LogP contribution in [0.2, 0.25) is 0 Å². The number of aromatic nitrogens is 1. The molecule has 3 heteroatoms. The van der Waals surface area contributed by atoms with Gasteiger partial charge in [-0.2, -0.15) is 0 Å². The van der Waals surface area contributed by atoms with Gasteiger partial charge >= 0.3 is 0 Å². The van der Waals surface area contributed by atoms with Crippen molar-refractivity contribution in [3.05, 3.63) is 53.7 Å². The second-order valence-corrected chi connectivity index (χ2v) is 3.59. The topological polar surface area (TPSA) is 46.3 Å². The van der Waals surface area contributed by atoms with Crippen molar-refractivity contribution in [3.63, 3.8) is 0 Å². The number of hydrogen-bond donors (Lipinski definition) is 1. The Hall–Kier alpha value is -1.61. The summed E-state index contributed by atoms with van der Waals surface area (Å²) in [5, 5.41) is 9.92. The summed E-state index contributed by atoms with van der Waals surface area (Å²) < 4.78 is 5.18. The van der Waals surface area contributed by atoms with Gasteiger partial charge in [0.1, 0.15) is 5.76 Å². The molecule has 3 nitrogen and oxygen atoms in total. The molecule has 0 bridgehead atoms. The fourth-order valence-electron chi connectivity index (χ4n) is 1.50. The lowest BCUT2D eigenvalue weighted by Gasteiger charge is -2.09. The van der Waals surface area contributed by atoms with Gasteiger partial charge in [-0.15, -0.1) is 0 Å². The van der Waals surface area contributed by atoms with Crippen molar-refractivity contribution in [1.82, 2.24) is 4.98 Å². The summed E-state index contributed by atoms with van der Waals surface area (Å²) >= 11 is 0. The largest absolute Gasteiger partial charge is 0.469 e. The van der Waals surface area contributed by atoms with E-state index in [0.717, 1.165) is 16.9 Å². The maximum Gasteiger partial charge on any atom is 0.106 e. The van der Waals surface area contributed by atoms with E-state index in [1.54, 1.807) is 18.7 Å². The van der Waals surface area contributed by atoms with Crippen molar-refractivity contribution in [3.8, 4) is 0 Å². The van der Waals surface area contributed by atoms with E-state index >= 15 is 0 Å². The first kappa shape index (κ1) is 9.93. The molecular weight excluding hydrogens is 190 g/mol. The van der Waals surface area contributed by atoms with Crippen LogP contribution in [0.1, 0.15) is 23.0 Å². The highest BCUT2D eigenvalue weighted by Gasteiger charge is 2.10. The Balaban J connectivity index is 2.11. The number of aryl methyl sites for hydroxylation is 1. The Morgan fingerprint density at radius 2 is 2.33 bits per heavy atom. The lowest BCUT2D eigenvalue weighted by Crippen LogP contribution is -2.01. The quantitative estimate of drug-likeness (QED) is 0.832. The number of aliphatic hydroxyl groups excluding tert-OH is 1. The molecule has 0 aliphatic rings. The van der Waals surface area contributed by atoms with E-state index in [0.29, 0.717) is 6.42 Å². The van der Waals surface area contributed by atoms with E-state index in [2.05, 4.69) is 4.98 Å². The van der Waals surface area contributed by atoms with Crippen molar-refractivity contribution in [1.29, 1.82) is 0 Å². The van der Waals surface area contributed by atoms with Crippen LogP contribution in [-0.4, -0.2) is 10.1 Å². The second-order valence-electron chi connectivity index (χ2n) is 3.59. The van der Waals surface area contributed by atoms with Gasteiger partial charge in [-0.05, 0) is 30.2 Å². The van der Waals surface area contributed by atoms with Crippen molar-refractivity contribution in [2.75, 3.05) is 0 Å². The van der Waals surface area contributed by atoms with Gasteiger partial charge in [0.15, 0.2) is 0 Å². The first-order chi connectivity index (χ1) is 7.25. The first-order valence-corrected chi connectivity index (χ1v) is 4.87. The molecule has 0 saturated heterocycles. The van der Waals surface area contributed by atoms with Crippen molar-refractivity contribution >= 4 is 0 Å². The average molecular weight is 203 g/mol. The molecule has 0 aromatic carbocycles. The molecule has 0 amide bonds. The van der Waals surface area contributed by atoms with Gasteiger partial charge in [-0.3, -0.25) is 4.98 Å². The zero-order chi connectivity index (χ0) is 10.7. The predicted octanol–water partition coefficient (Wildman–Crippen LogP) is 2.26. The van der Waals surface area contributed by atoms with Crippen LogP contribution in [0.3, 0.4) is 0 Å². The van der Waals surface area contributed by atoms with Crippen LogP contribution in [0.15, 0.2) is 41.3 Å². The molecule has 1 unspecified atom stereocenters. The van der Waals surface area contributed by atoms with Crippen LogP contribution >= 0.6 is 0 Å². The van der Waals surface area contributed by atoms with Gasteiger partial charge in [0, 0.05) is 18.8 Å². The fraction of sp³-hybridized carbons (Fsp3) is 0.250. The molecule has 1 atom stereocenters. The molecule has 0 aliphatic carbocycles. The Kier molecular flexibility index (Phi) is 2.83. The highest BCUT2D eigenvalue weighted by molar-refractivity contribution is 5.20. The molecule has 15 heavy (non-hydrogen) atoms. The van der Waals surface area contributed by atoms with Gasteiger partial charge in [-0.25, -0.2) is 0 Å². The highest BCUT2D eigenvalue weighted by Crippen LogP contribution is 2.18. The average Bonchev–Trinajstić information content (AvgIpc) is 2.70. The van der Waals surface area contributed by atoms with E-state index < -0.39 is 6.10 Å². The maximum atomic E-state index is 9.92. The van der Waals surface area contributed by atoms with E-state index in [1.807, 2.05) is 25.1 Å². The molecule has 2 rings (SSSR count). The third kappa shape index (κ3) is 2.44. The van der Waals surface area contributed by atoms with Crippen LogP contribution in [0.5, 0.6) is 0 Å². The third-order valence-corrected chi connectivity index (χ3v) is 2.26. The molecule has 2 aromatic rings.